The van der Waals surface area contributed by atoms with E-state index in [9.17, 15) is 8.42 Å². The van der Waals surface area contributed by atoms with Gasteiger partial charge in [0.2, 0.25) is 10.0 Å². The quantitative estimate of drug-likeness (QED) is 0.632. The highest BCUT2D eigenvalue weighted by Gasteiger charge is 2.18. The number of hydrogen-bond donors (Lipinski definition) is 2. The molecule has 0 aliphatic rings. The van der Waals surface area contributed by atoms with Gasteiger partial charge in [0, 0.05) is 12.6 Å². The maximum absolute atomic E-state index is 12.1. The summed E-state index contributed by atoms with van der Waals surface area (Å²) in [5.41, 5.74) is 0. The molecule has 0 unspecified atom stereocenters. The van der Waals surface area contributed by atoms with E-state index in [0.29, 0.717) is 32.0 Å². The van der Waals surface area contributed by atoms with Crippen molar-refractivity contribution in [3.8, 4) is 5.75 Å². The zero-order valence-corrected chi connectivity index (χ0v) is 13.2. The maximum atomic E-state index is 12.1. The monoisotopic (exact) mass is 317 g/mol. The van der Waals surface area contributed by atoms with Crippen molar-refractivity contribution in [1.82, 2.24) is 4.72 Å². The lowest BCUT2D eigenvalue weighted by Gasteiger charge is -2.14. The SMILES string of the molecule is CCOCCOc1ccc(S(=O)(=O)N[C@H](CC)CO)cc1. The van der Waals surface area contributed by atoms with Crippen LogP contribution in [0.2, 0.25) is 0 Å². The molecule has 120 valence electrons. The zero-order chi connectivity index (χ0) is 15.7. The summed E-state index contributed by atoms with van der Waals surface area (Å²) in [5.74, 6) is 0.586. The minimum Gasteiger partial charge on any atom is -0.491 e. The summed E-state index contributed by atoms with van der Waals surface area (Å²) in [5, 5.41) is 9.06. The predicted molar refractivity (Wildman–Crippen MR) is 79.9 cm³/mol. The number of benzene rings is 1. The average Bonchev–Trinajstić information content (AvgIpc) is 2.49. The van der Waals surface area contributed by atoms with Gasteiger partial charge in [-0.15, -0.1) is 0 Å². The van der Waals surface area contributed by atoms with Crippen molar-refractivity contribution < 1.29 is 23.0 Å². The minimum absolute atomic E-state index is 0.145. The zero-order valence-electron chi connectivity index (χ0n) is 12.4. The van der Waals surface area contributed by atoms with Gasteiger partial charge >= 0.3 is 0 Å². The van der Waals surface area contributed by atoms with E-state index in [-0.39, 0.29) is 11.5 Å². The third-order valence-electron chi connectivity index (χ3n) is 2.87. The Morgan fingerprint density at radius 3 is 2.38 bits per heavy atom. The number of sulfonamides is 1. The Hall–Kier alpha value is -1.15. The van der Waals surface area contributed by atoms with Crippen LogP contribution in [0.4, 0.5) is 0 Å². The van der Waals surface area contributed by atoms with Crippen LogP contribution in [0.25, 0.3) is 0 Å². The van der Waals surface area contributed by atoms with Gasteiger partial charge in [-0.3, -0.25) is 0 Å². The van der Waals surface area contributed by atoms with Crippen molar-refractivity contribution in [2.24, 2.45) is 0 Å². The molecule has 0 saturated heterocycles. The molecule has 0 amide bonds. The predicted octanol–water partition coefficient (Wildman–Crippen LogP) is 1.15. The highest BCUT2D eigenvalue weighted by Crippen LogP contribution is 2.16. The number of nitrogens with one attached hydrogen (secondary N) is 1. The highest BCUT2D eigenvalue weighted by atomic mass is 32.2. The van der Waals surface area contributed by atoms with Crippen molar-refractivity contribution >= 4 is 10.0 Å². The van der Waals surface area contributed by atoms with E-state index in [1.807, 2.05) is 6.92 Å². The molecule has 1 aromatic rings. The van der Waals surface area contributed by atoms with E-state index < -0.39 is 16.1 Å². The molecule has 0 aliphatic carbocycles. The van der Waals surface area contributed by atoms with Crippen LogP contribution in [-0.4, -0.2) is 46.0 Å². The van der Waals surface area contributed by atoms with Crippen molar-refractivity contribution in [3.63, 3.8) is 0 Å². The Balaban J connectivity index is 2.64. The van der Waals surface area contributed by atoms with Gasteiger partial charge in [-0.05, 0) is 37.6 Å². The van der Waals surface area contributed by atoms with E-state index in [4.69, 9.17) is 14.6 Å². The van der Waals surface area contributed by atoms with Gasteiger partial charge in [-0.2, -0.15) is 0 Å². The lowest BCUT2D eigenvalue weighted by molar-refractivity contribution is 0.110. The van der Waals surface area contributed by atoms with E-state index in [0.717, 1.165) is 0 Å². The normalized spacial score (nSPS) is 13.1. The largest absolute Gasteiger partial charge is 0.491 e. The Kier molecular flexibility index (Phi) is 7.66. The first kappa shape index (κ1) is 17.9. The molecule has 0 fully saturated rings. The van der Waals surface area contributed by atoms with Gasteiger partial charge in [-0.1, -0.05) is 6.92 Å². The summed E-state index contributed by atoms with van der Waals surface area (Å²) in [6, 6.07) is 5.67. The molecule has 1 aromatic carbocycles. The van der Waals surface area contributed by atoms with Crippen LogP contribution < -0.4 is 9.46 Å². The van der Waals surface area contributed by atoms with Gasteiger partial charge < -0.3 is 14.6 Å². The second-order valence-electron chi connectivity index (χ2n) is 4.43. The number of ether oxygens (including phenoxy) is 2. The topological polar surface area (TPSA) is 84.9 Å². The maximum Gasteiger partial charge on any atom is 0.240 e. The van der Waals surface area contributed by atoms with Gasteiger partial charge in [0.1, 0.15) is 12.4 Å². The standard InChI is InChI=1S/C14H23NO5S/c1-3-12(11-16)15-21(17,18)14-7-5-13(6-8-14)20-10-9-19-4-2/h5-8,12,15-16H,3-4,9-11H2,1-2H3/t12-/m1/s1. The van der Waals surface area contributed by atoms with Crippen LogP contribution in [0.3, 0.4) is 0 Å². The molecule has 2 N–H and O–H groups in total. The molecule has 0 radical (unpaired) electrons. The molecule has 0 aromatic heterocycles. The fourth-order valence-electron chi connectivity index (χ4n) is 1.61. The number of aliphatic hydroxyl groups excluding tert-OH is 1. The first-order valence-electron chi connectivity index (χ1n) is 6.97. The fourth-order valence-corrected chi connectivity index (χ4v) is 2.93. The van der Waals surface area contributed by atoms with Crippen LogP contribution in [0.15, 0.2) is 29.2 Å². The van der Waals surface area contributed by atoms with Gasteiger partial charge in [0.05, 0.1) is 18.1 Å². The Labute approximate surface area is 126 Å². The van der Waals surface area contributed by atoms with Crippen LogP contribution >= 0.6 is 0 Å². The smallest absolute Gasteiger partial charge is 0.240 e. The molecule has 6 nitrogen and oxygen atoms in total. The highest BCUT2D eigenvalue weighted by molar-refractivity contribution is 7.89. The average molecular weight is 317 g/mol. The van der Waals surface area contributed by atoms with Crippen LogP contribution in [-0.2, 0) is 14.8 Å². The van der Waals surface area contributed by atoms with Gasteiger partial charge in [-0.25, -0.2) is 13.1 Å². The van der Waals surface area contributed by atoms with Crippen molar-refractivity contribution in [1.29, 1.82) is 0 Å². The summed E-state index contributed by atoms with van der Waals surface area (Å²) in [7, 11) is -3.62. The number of aliphatic hydroxyl groups is 1. The third kappa shape index (κ3) is 6.01. The van der Waals surface area contributed by atoms with Gasteiger partial charge in [0.15, 0.2) is 0 Å². The third-order valence-corrected chi connectivity index (χ3v) is 4.41. The molecule has 21 heavy (non-hydrogen) atoms. The molecule has 0 spiro atoms. The van der Waals surface area contributed by atoms with E-state index in [1.165, 1.54) is 12.1 Å². The number of hydrogen-bond acceptors (Lipinski definition) is 5. The van der Waals surface area contributed by atoms with Crippen molar-refractivity contribution in [2.45, 2.75) is 31.2 Å². The molecule has 1 rings (SSSR count). The molecule has 0 saturated carbocycles. The van der Waals surface area contributed by atoms with Gasteiger partial charge in [0.25, 0.3) is 0 Å². The molecule has 0 bridgehead atoms. The number of rotatable bonds is 10. The lowest BCUT2D eigenvalue weighted by Crippen LogP contribution is -2.36. The molecule has 1 atom stereocenters. The molecule has 7 heteroatoms. The molecular weight excluding hydrogens is 294 g/mol. The Morgan fingerprint density at radius 1 is 1.19 bits per heavy atom. The summed E-state index contributed by atoms with van der Waals surface area (Å²) in [6.07, 6.45) is 0.522. The lowest BCUT2D eigenvalue weighted by atomic mass is 10.3. The second-order valence-corrected chi connectivity index (χ2v) is 6.14. The Morgan fingerprint density at radius 2 is 1.86 bits per heavy atom. The van der Waals surface area contributed by atoms with E-state index in [2.05, 4.69) is 4.72 Å². The summed E-state index contributed by atoms with van der Waals surface area (Å²) >= 11 is 0. The van der Waals surface area contributed by atoms with Crippen LogP contribution in [0.1, 0.15) is 20.3 Å². The molecule has 0 heterocycles. The van der Waals surface area contributed by atoms with Crippen molar-refractivity contribution in [3.05, 3.63) is 24.3 Å². The molecule has 0 aliphatic heterocycles. The fraction of sp³-hybridized carbons (Fsp3) is 0.571. The van der Waals surface area contributed by atoms with E-state index in [1.54, 1.807) is 19.1 Å². The minimum atomic E-state index is -3.62. The first-order chi connectivity index (χ1) is 10.0. The summed E-state index contributed by atoms with van der Waals surface area (Å²) in [6.45, 7) is 5.03. The van der Waals surface area contributed by atoms with Crippen LogP contribution in [0, 0.1) is 0 Å². The summed E-state index contributed by atoms with van der Waals surface area (Å²) < 4.78 is 37.2. The first-order valence-corrected chi connectivity index (χ1v) is 8.45. The van der Waals surface area contributed by atoms with Crippen molar-refractivity contribution in [2.75, 3.05) is 26.4 Å². The van der Waals surface area contributed by atoms with E-state index >= 15 is 0 Å². The summed E-state index contributed by atoms with van der Waals surface area (Å²) in [4.78, 5) is 0.145. The Bertz CT molecular complexity index is 497. The second kappa shape index (κ2) is 8.99. The molecular formula is C14H23NO5S. The van der Waals surface area contributed by atoms with Crippen LogP contribution in [0.5, 0.6) is 5.75 Å².